The van der Waals surface area contributed by atoms with Gasteiger partial charge in [-0.3, -0.25) is 0 Å². The van der Waals surface area contributed by atoms with Crippen molar-refractivity contribution in [3.63, 3.8) is 0 Å². The maximum Gasteiger partial charge on any atom is 0.339 e. The number of nitrogens with zero attached hydrogens (tertiary/aromatic N) is 1. The molecule has 94 valence electrons. The van der Waals surface area contributed by atoms with Gasteiger partial charge >= 0.3 is 5.97 Å². The van der Waals surface area contributed by atoms with E-state index in [-0.39, 0.29) is 11.7 Å². The normalized spacial score (nSPS) is 10.6. The maximum absolute atomic E-state index is 11.0. The van der Waals surface area contributed by atoms with Crippen molar-refractivity contribution >= 4 is 11.8 Å². The van der Waals surface area contributed by atoms with E-state index >= 15 is 0 Å². The van der Waals surface area contributed by atoms with E-state index in [1.165, 1.54) is 0 Å². The van der Waals surface area contributed by atoms with E-state index in [0.29, 0.717) is 19.0 Å². The van der Waals surface area contributed by atoms with Crippen molar-refractivity contribution < 1.29 is 14.6 Å². The molecule has 17 heavy (non-hydrogen) atoms. The van der Waals surface area contributed by atoms with Gasteiger partial charge in [-0.15, -0.1) is 0 Å². The molecule has 0 fully saturated rings. The van der Waals surface area contributed by atoms with E-state index in [1.54, 1.807) is 12.1 Å². The molecule has 1 heterocycles. The second-order valence-corrected chi connectivity index (χ2v) is 4.00. The monoisotopic (exact) mass is 238 g/mol. The minimum atomic E-state index is -0.982. The highest BCUT2D eigenvalue weighted by atomic mass is 16.5. The van der Waals surface area contributed by atoms with Gasteiger partial charge in [0.15, 0.2) is 0 Å². The van der Waals surface area contributed by atoms with Gasteiger partial charge in [-0.05, 0) is 32.9 Å². The van der Waals surface area contributed by atoms with E-state index in [4.69, 9.17) is 9.84 Å². The van der Waals surface area contributed by atoms with Crippen LogP contribution in [-0.4, -0.2) is 35.3 Å². The van der Waals surface area contributed by atoms with E-state index in [0.717, 1.165) is 5.69 Å². The first-order valence-electron chi connectivity index (χ1n) is 5.57. The van der Waals surface area contributed by atoms with Crippen molar-refractivity contribution in [3.8, 4) is 0 Å². The minimum absolute atomic E-state index is 0.168. The average molecular weight is 238 g/mol. The van der Waals surface area contributed by atoms with Gasteiger partial charge in [-0.25, -0.2) is 9.78 Å². The van der Waals surface area contributed by atoms with Gasteiger partial charge in [0, 0.05) is 12.2 Å². The lowest BCUT2D eigenvalue weighted by atomic mass is 10.2. The number of pyridine rings is 1. The molecule has 2 N–H and O–H groups in total. The van der Waals surface area contributed by atoms with Crippen molar-refractivity contribution in [2.75, 3.05) is 18.5 Å². The summed E-state index contributed by atoms with van der Waals surface area (Å²) < 4.78 is 5.36. The summed E-state index contributed by atoms with van der Waals surface area (Å²) in [6.45, 7) is 6.78. The highest BCUT2D eigenvalue weighted by molar-refractivity contribution is 5.93. The molecule has 0 unspecified atom stereocenters. The molecule has 1 rings (SSSR count). The number of aryl methyl sites for hydroxylation is 1. The molecule has 0 aliphatic rings. The van der Waals surface area contributed by atoms with Crippen LogP contribution in [0.25, 0.3) is 0 Å². The van der Waals surface area contributed by atoms with Crippen molar-refractivity contribution in [1.82, 2.24) is 4.98 Å². The molecule has 0 spiro atoms. The van der Waals surface area contributed by atoms with E-state index < -0.39 is 5.97 Å². The number of ether oxygens (including phenoxy) is 1. The highest BCUT2D eigenvalue weighted by Crippen LogP contribution is 2.13. The van der Waals surface area contributed by atoms with Crippen LogP contribution in [0.1, 0.15) is 29.9 Å². The van der Waals surface area contributed by atoms with Crippen molar-refractivity contribution in [1.29, 1.82) is 0 Å². The fraction of sp³-hybridized carbons (Fsp3) is 0.500. The van der Waals surface area contributed by atoms with Gasteiger partial charge in [0.05, 0.1) is 12.7 Å². The third kappa shape index (κ3) is 4.40. The third-order valence-corrected chi connectivity index (χ3v) is 2.11. The lowest BCUT2D eigenvalue weighted by Crippen LogP contribution is -2.16. The predicted octanol–water partition coefficient (Wildman–Crippen LogP) is 1.93. The molecule has 0 aromatic carbocycles. The molecule has 0 aliphatic heterocycles. The number of nitrogens with one attached hydrogen (secondary N) is 1. The number of carboxylic acid groups (broad SMARTS) is 1. The Morgan fingerprint density at radius 1 is 1.53 bits per heavy atom. The largest absolute Gasteiger partial charge is 0.478 e. The Morgan fingerprint density at radius 3 is 2.82 bits per heavy atom. The van der Waals surface area contributed by atoms with Crippen LogP contribution in [0.4, 0.5) is 5.82 Å². The molecule has 0 radical (unpaired) electrons. The lowest BCUT2D eigenvalue weighted by Gasteiger charge is -2.11. The summed E-state index contributed by atoms with van der Waals surface area (Å²) in [7, 11) is 0. The number of hydrogen-bond acceptors (Lipinski definition) is 4. The number of rotatable bonds is 6. The molecule has 0 atom stereocenters. The Bertz CT molecular complexity index is 391. The summed E-state index contributed by atoms with van der Waals surface area (Å²) in [6, 6.07) is 3.23. The first kappa shape index (κ1) is 13.4. The fourth-order valence-corrected chi connectivity index (χ4v) is 1.33. The third-order valence-electron chi connectivity index (χ3n) is 2.11. The van der Waals surface area contributed by atoms with Gasteiger partial charge in [0.1, 0.15) is 11.4 Å². The number of aromatic carboxylic acids is 1. The number of anilines is 1. The van der Waals surface area contributed by atoms with Crippen molar-refractivity contribution in [2.24, 2.45) is 0 Å². The first-order valence-corrected chi connectivity index (χ1v) is 5.57. The summed E-state index contributed by atoms with van der Waals surface area (Å²) in [4.78, 5) is 15.1. The molecule has 5 nitrogen and oxygen atoms in total. The quantitative estimate of drug-likeness (QED) is 0.741. The van der Waals surface area contributed by atoms with Gasteiger partial charge in [0.25, 0.3) is 0 Å². The minimum Gasteiger partial charge on any atom is -0.478 e. The Kier molecular flexibility index (Phi) is 4.90. The Labute approximate surface area is 101 Å². The zero-order valence-electron chi connectivity index (χ0n) is 10.4. The van der Waals surface area contributed by atoms with Crippen molar-refractivity contribution in [3.05, 3.63) is 23.4 Å². The zero-order valence-corrected chi connectivity index (χ0v) is 10.4. The zero-order chi connectivity index (χ0) is 12.8. The fourth-order valence-electron chi connectivity index (χ4n) is 1.33. The van der Waals surface area contributed by atoms with Gasteiger partial charge in [0.2, 0.25) is 0 Å². The van der Waals surface area contributed by atoms with Gasteiger partial charge in [-0.1, -0.05) is 0 Å². The summed E-state index contributed by atoms with van der Waals surface area (Å²) in [5.74, 6) is -0.588. The second-order valence-electron chi connectivity index (χ2n) is 4.00. The predicted molar refractivity (Wildman–Crippen MR) is 65.5 cm³/mol. The van der Waals surface area contributed by atoms with Crippen molar-refractivity contribution in [2.45, 2.75) is 26.9 Å². The Morgan fingerprint density at radius 2 is 2.24 bits per heavy atom. The molecule has 1 aromatic heterocycles. The summed E-state index contributed by atoms with van der Waals surface area (Å²) in [5, 5.41) is 12.0. The number of carbonyl (C=O) groups is 1. The van der Waals surface area contributed by atoms with Crippen LogP contribution in [0.15, 0.2) is 12.1 Å². The van der Waals surface area contributed by atoms with Gasteiger partial charge in [-0.2, -0.15) is 0 Å². The van der Waals surface area contributed by atoms with E-state index in [9.17, 15) is 4.79 Å². The average Bonchev–Trinajstić information content (AvgIpc) is 2.23. The van der Waals surface area contributed by atoms with E-state index in [2.05, 4.69) is 10.3 Å². The molecule has 5 heteroatoms. The van der Waals surface area contributed by atoms with Crippen LogP contribution in [-0.2, 0) is 4.74 Å². The summed E-state index contributed by atoms with van der Waals surface area (Å²) in [5.41, 5.74) is 0.961. The molecular weight excluding hydrogens is 220 g/mol. The van der Waals surface area contributed by atoms with Crippen LogP contribution >= 0.6 is 0 Å². The van der Waals surface area contributed by atoms with Crippen LogP contribution in [0.5, 0.6) is 0 Å². The number of aromatic nitrogens is 1. The summed E-state index contributed by atoms with van der Waals surface area (Å²) in [6.07, 6.45) is 0.168. The lowest BCUT2D eigenvalue weighted by molar-refractivity contribution is 0.0696. The molecule has 1 aromatic rings. The number of carboxylic acids is 1. The summed E-state index contributed by atoms with van der Waals surface area (Å²) >= 11 is 0. The molecule has 0 saturated carbocycles. The van der Waals surface area contributed by atoms with Crippen LogP contribution in [0.2, 0.25) is 0 Å². The maximum atomic E-state index is 11.0. The standard InChI is InChI=1S/C12H18N2O3/c1-8(2)17-7-6-13-11-10(12(15)16)5-4-9(3)14-11/h4-5,8H,6-7H2,1-3H3,(H,13,14)(H,15,16). The SMILES string of the molecule is Cc1ccc(C(=O)O)c(NCCOC(C)C)n1. The molecular formula is C12H18N2O3. The molecule has 0 aliphatic carbocycles. The van der Waals surface area contributed by atoms with Crippen LogP contribution in [0.3, 0.4) is 0 Å². The smallest absolute Gasteiger partial charge is 0.339 e. The van der Waals surface area contributed by atoms with E-state index in [1.807, 2.05) is 20.8 Å². The van der Waals surface area contributed by atoms with Gasteiger partial charge < -0.3 is 15.2 Å². The topological polar surface area (TPSA) is 71.5 Å². The highest BCUT2D eigenvalue weighted by Gasteiger charge is 2.10. The molecule has 0 saturated heterocycles. The first-order chi connectivity index (χ1) is 8.00. The van der Waals surface area contributed by atoms with Crippen LogP contribution in [0, 0.1) is 6.92 Å². The Balaban J connectivity index is 2.62. The second kappa shape index (κ2) is 6.20. The molecule has 0 amide bonds. The van der Waals surface area contributed by atoms with Crippen LogP contribution < -0.4 is 5.32 Å². The number of hydrogen-bond donors (Lipinski definition) is 2. The Hall–Kier alpha value is -1.62. The molecule has 0 bridgehead atoms.